The second kappa shape index (κ2) is 6.21. The van der Waals surface area contributed by atoms with Crippen molar-refractivity contribution in [1.82, 2.24) is 18.8 Å². The summed E-state index contributed by atoms with van der Waals surface area (Å²) in [5.74, 6) is 0. The molecule has 1 aromatic heterocycles. The van der Waals surface area contributed by atoms with Gasteiger partial charge >= 0.3 is 0 Å². The van der Waals surface area contributed by atoms with Gasteiger partial charge in [0.15, 0.2) is 0 Å². The Kier molecular flexibility index (Phi) is 4.79. The van der Waals surface area contributed by atoms with Gasteiger partial charge in [-0.05, 0) is 19.8 Å². The summed E-state index contributed by atoms with van der Waals surface area (Å²) in [5.41, 5.74) is 1.67. The van der Waals surface area contributed by atoms with Crippen LogP contribution in [-0.2, 0) is 23.8 Å². The van der Waals surface area contributed by atoms with Crippen LogP contribution in [0.2, 0.25) is 0 Å². The van der Waals surface area contributed by atoms with E-state index < -0.39 is 10.2 Å². The summed E-state index contributed by atoms with van der Waals surface area (Å²) in [6.45, 7) is 2.40. The summed E-state index contributed by atoms with van der Waals surface area (Å²) in [4.78, 5) is 0. The molecule has 1 unspecified atom stereocenters. The van der Waals surface area contributed by atoms with Crippen LogP contribution >= 0.6 is 0 Å². The second-order valence-corrected chi connectivity index (χ2v) is 6.89. The van der Waals surface area contributed by atoms with Crippen molar-refractivity contribution in [2.24, 2.45) is 7.05 Å². The van der Waals surface area contributed by atoms with Gasteiger partial charge in [-0.2, -0.15) is 22.5 Å². The average molecular weight is 302 g/mol. The Morgan fingerprint density at radius 2 is 2.25 bits per heavy atom. The largest absolute Gasteiger partial charge is 0.395 e. The maximum Gasteiger partial charge on any atom is 0.280 e. The number of rotatable bonds is 5. The number of piperidine rings is 1. The second-order valence-electron chi connectivity index (χ2n) is 5.18. The molecule has 0 spiro atoms. The number of nitrogens with zero attached hydrogens (tertiary/aromatic N) is 3. The molecule has 7 nitrogen and oxygen atoms in total. The first-order valence-corrected chi connectivity index (χ1v) is 8.24. The molecule has 8 heteroatoms. The first kappa shape index (κ1) is 15.4. The summed E-state index contributed by atoms with van der Waals surface area (Å²) < 4.78 is 30.3. The molecule has 0 bridgehead atoms. The third-order valence-corrected chi connectivity index (χ3v) is 5.26. The Morgan fingerprint density at radius 3 is 2.85 bits per heavy atom. The van der Waals surface area contributed by atoms with Crippen LogP contribution in [0, 0.1) is 6.92 Å². The summed E-state index contributed by atoms with van der Waals surface area (Å²) in [6.07, 6.45) is 4.31. The number of hydrogen-bond donors (Lipinski definition) is 2. The van der Waals surface area contributed by atoms with Crippen molar-refractivity contribution in [3.05, 3.63) is 17.5 Å². The normalized spacial score (nSPS) is 21.2. The monoisotopic (exact) mass is 302 g/mol. The fraction of sp³-hybridized carbons (Fsp3) is 0.750. The third-order valence-electron chi connectivity index (χ3n) is 3.65. The predicted molar refractivity (Wildman–Crippen MR) is 75.1 cm³/mol. The summed E-state index contributed by atoms with van der Waals surface area (Å²) in [5, 5.41) is 13.5. The summed E-state index contributed by atoms with van der Waals surface area (Å²) in [6, 6.07) is -0.309. The predicted octanol–water partition coefficient (Wildman–Crippen LogP) is -0.0903. The number of aryl methyl sites for hydroxylation is 2. The van der Waals surface area contributed by atoms with Crippen LogP contribution in [0.1, 0.15) is 30.5 Å². The van der Waals surface area contributed by atoms with E-state index in [4.69, 9.17) is 0 Å². The van der Waals surface area contributed by atoms with Crippen LogP contribution in [0.4, 0.5) is 0 Å². The van der Waals surface area contributed by atoms with E-state index in [0.717, 1.165) is 24.1 Å². The lowest BCUT2D eigenvalue weighted by atomic mass is 10.1. The molecule has 1 atom stereocenters. The highest BCUT2D eigenvalue weighted by molar-refractivity contribution is 7.87. The van der Waals surface area contributed by atoms with Crippen molar-refractivity contribution in [2.45, 2.75) is 38.8 Å². The Bertz CT molecular complexity index is 555. The van der Waals surface area contributed by atoms with Gasteiger partial charge in [0.1, 0.15) is 0 Å². The molecule has 1 aromatic rings. The number of aliphatic hydroxyl groups excluding tert-OH is 1. The van der Waals surface area contributed by atoms with E-state index in [-0.39, 0.29) is 19.2 Å². The molecule has 20 heavy (non-hydrogen) atoms. The zero-order valence-electron chi connectivity index (χ0n) is 11.9. The van der Waals surface area contributed by atoms with E-state index in [1.807, 2.05) is 6.92 Å². The lowest BCUT2D eigenvalue weighted by Crippen LogP contribution is -2.50. The third kappa shape index (κ3) is 3.38. The Labute approximate surface area is 119 Å². The molecule has 0 saturated carbocycles. The molecule has 0 radical (unpaired) electrons. The van der Waals surface area contributed by atoms with Crippen LogP contribution in [0.15, 0.2) is 6.20 Å². The molecule has 0 amide bonds. The van der Waals surface area contributed by atoms with Crippen molar-refractivity contribution in [3.8, 4) is 0 Å². The molecule has 114 valence electrons. The van der Waals surface area contributed by atoms with Crippen molar-refractivity contribution < 1.29 is 13.5 Å². The maximum atomic E-state index is 12.3. The Hall–Kier alpha value is -0.960. The van der Waals surface area contributed by atoms with Gasteiger partial charge in [0.25, 0.3) is 10.2 Å². The summed E-state index contributed by atoms with van der Waals surface area (Å²) >= 11 is 0. The minimum Gasteiger partial charge on any atom is -0.395 e. The first-order chi connectivity index (χ1) is 9.44. The van der Waals surface area contributed by atoms with Gasteiger partial charge in [0.2, 0.25) is 0 Å². The molecule has 1 saturated heterocycles. The van der Waals surface area contributed by atoms with Crippen LogP contribution in [0.3, 0.4) is 0 Å². The van der Waals surface area contributed by atoms with E-state index in [1.54, 1.807) is 17.9 Å². The van der Waals surface area contributed by atoms with Gasteiger partial charge in [0.05, 0.1) is 12.3 Å². The van der Waals surface area contributed by atoms with E-state index in [0.29, 0.717) is 13.0 Å². The SMILES string of the molecule is Cc1nn(C)cc1CNS(=O)(=O)N1CCCCC1CO. The van der Waals surface area contributed by atoms with Gasteiger partial charge in [-0.3, -0.25) is 4.68 Å². The highest BCUT2D eigenvalue weighted by Gasteiger charge is 2.31. The van der Waals surface area contributed by atoms with Crippen molar-refractivity contribution in [2.75, 3.05) is 13.2 Å². The van der Waals surface area contributed by atoms with Gasteiger partial charge in [-0.1, -0.05) is 6.42 Å². The van der Waals surface area contributed by atoms with Gasteiger partial charge in [-0.15, -0.1) is 0 Å². The lowest BCUT2D eigenvalue weighted by Gasteiger charge is -2.33. The quantitative estimate of drug-likeness (QED) is 0.796. The van der Waals surface area contributed by atoms with E-state index in [2.05, 4.69) is 9.82 Å². The molecule has 0 aliphatic carbocycles. The average Bonchev–Trinajstić information content (AvgIpc) is 2.75. The minimum absolute atomic E-state index is 0.132. The van der Waals surface area contributed by atoms with Gasteiger partial charge in [0, 0.05) is 37.9 Å². The van der Waals surface area contributed by atoms with Gasteiger partial charge in [-0.25, -0.2) is 0 Å². The molecule has 2 N–H and O–H groups in total. The van der Waals surface area contributed by atoms with E-state index in [9.17, 15) is 13.5 Å². The first-order valence-electron chi connectivity index (χ1n) is 6.80. The fourth-order valence-corrected chi connectivity index (χ4v) is 3.98. The van der Waals surface area contributed by atoms with Gasteiger partial charge < -0.3 is 5.11 Å². The minimum atomic E-state index is -3.56. The maximum absolute atomic E-state index is 12.3. The number of aromatic nitrogens is 2. The molecular formula is C12H22N4O3S. The zero-order chi connectivity index (χ0) is 14.8. The number of hydrogen-bond acceptors (Lipinski definition) is 4. The van der Waals surface area contributed by atoms with Crippen molar-refractivity contribution >= 4 is 10.2 Å². The molecular weight excluding hydrogens is 280 g/mol. The van der Waals surface area contributed by atoms with E-state index >= 15 is 0 Å². The van der Waals surface area contributed by atoms with Crippen LogP contribution in [0.25, 0.3) is 0 Å². The standard InChI is InChI=1S/C12H22N4O3S/c1-10-11(8-15(2)14-10)7-13-20(18,19)16-6-4-3-5-12(16)9-17/h8,12-13,17H,3-7,9H2,1-2H3. The van der Waals surface area contributed by atoms with Crippen LogP contribution < -0.4 is 4.72 Å². The molecule has 1 aliphatic rings. The topological polar surface area (TPSA) is 87.5 Å². The lowest BCUT2D eigenvalue weighted by molar-refractivity contribution is 0.154. The van der Waals surface area contributed by atoms with Crippen molar-refractivity contribution in [1.29, 1.82) is 0 Å². The zero-order valence-corrected chi connectivity index (χ0v) is 12.7. The Balaban J connectivity index is 2.05. The number of aliphatic hydroxyl groups is 1. The molecule has 1 aliphatic heterocycles. The Morgan fingerprint density at radius 1 is 1.50 bits per heavy atom. The van der Waals surface area contributed by atoms with E-state index in [1.165, 1.54) is 4.31 Å². The highest BCUT2D eigenvalue weighted by Crippen LogP contribution is 2.19. The van der Waals surface area contributed by atoms with Crippen LogP contribution in [-0.4, -0.2) is 46.8 Å². The molecule has 2 rings (SSSR count). The molecule has 2 heterocycles. The molecule has 0 aromatic carbocycles. The van der Waals surface area contributed by atoms with Crippen molar-refractivity contribution in [3.63, 3.8) is 0 Å². The highest BCUT2D eigenvalue weighted by atomic mass is 32.2. The fourth-order valence-electron chi connectivity index (χ4n) is 2.55. The smallest absolute Gasteiger partial charge is 0.280 e. The summed E-state index contributed by atoms with van der Waals surface area (Å²) in [7, 11) is -1.76. The number of nitrogens with one attached hydrogen (secondary N) is 1. The van der Waals surface area contributed by atoms with Crippen LogP contribution in [0.5, 0.6) is 0 Å². The molecule has 1 fully saturated rings.